The Bertz CT molecular complexity index is 923. The van der Waals surface area contributed by atoms with Gasteiger partial charge in [-0.3, -0.25) is 9.69 Å². The van der Waals surface area contributed by atoms with Gasteiger partial charge in [-0.1, -0.05) is 24.3 Å². The van der Waals surface area contributed by atoms with Crippen molar-refractivity contribution < 1.29 is 4.79 Å². The lowest BCUT2D eigenvalue weighted by Crippen LogP contribution is -2.46. The van der Waals surface area contributed by atoms with Gasteiger partial charge >= 0.3 is 0 Å². The van der Waals surface area contributed by atoms with E-state index >= 15 is 0 Å². The van der Waals surface area contributed by atoms with E-state index in [0.717, 1.165) is 77.2 Å². The van der Waals surface area contributed by atoms with Crippen LogP contribution in [0.25, 0.3) is 0 Å². The Labute approximate surface area is 185 Å². The van der Waals surface area contributed by atoms with Gasteiger partial charge in [0.15, 0.2) is 5.78 Å². The van der Waals surface area contributed by atoms with E-state index in [-0.39, 0.29) is 5.78 Å². The number of nitrogens with zero attached hydrogens (tertiary/aromatic N) is 3. The second-order valence-electron chi connectivity index (χ2n) is 8.69. The standard InChI is InChI=1S/C26H32N4O/c27-19-21-3-5-22(6-4-21)20-30-16-14-29(15-17-30)13-1-2-26(31)25-8-7-23-9-11-28-12-10-24(23)18-25/h3-8,18,28H,1-2,9-17,20H2. The fraction of sp³-hybridized carbons (Fsp3) is 0.462. The van der Waals surface area contributed by atoms with Gasteiger partial charge in [-0.05, 0) is 73.8 Å². The zero-order valence-corrected chi connectivity index (χ0v) is 18.3. The molecule has 0 spiro atoms. The van der Waals surface area contributed by atoms with Crippen LogP contribution < -0.4 is 5.32 Å². The molecule has 2 aromatic carbocycles. The summed E-state index contributed by atoms with van der Waals surface area (Å²) in [6.45, 7) is 8.16. The Kier molecular flexibility index (Phi) is 7.48. The van der Waals surface area contributed by atoms with Crippen molar-refractivity contribution in [3.8, 4) is 6.07 Å². The first-order valence-corrected chi connectivity index (χ1v) is 11.5. The van der Waals surface area contributed by atoms with Gasteiger partial charge in [0, 0.05) is 44.7 Å². The maximum Gasteiger partial charge on any atom is 0.162 e. The van der Waals surface area contributed by atoms with Crippen molar-refractivity contribution in [2.45, 2.75) is 32.2 Å². The Morgan fingerprint density at radius 1 is 0.935 bits per heavy atom. The predicted molar refractivity (Wildman–Crippen MR) is 123 cm³/mol. The lowest BCUT2D eigenvalue weighted by atomic mass is 9.97. The van der Waals surface area contributed by atoms with Crippen LogP contribution in [0, 0.1) is 11.3 Å². The molecule has 0 unspecified atom stereocenters. The summed E-state index contributed by atoms with van der Waals surface area (Å²) in [7, 11) is 0. The molecule has 4 rings (SSSR count). The lowest BCUT2D eigenvalue weighted by Gasteiger charge is -2.34. The van der Waals surface area contributed by atoms with E-state index in [4.69, 9.17) is 5.26 Å². The van der Waals surface area contributed by atoms with E-state index in [9.17, 15) is 4.79 Å². The van der Waals surface area contributed by atoms with Crippen LogP contribution in [0.2, 0.25) is 0 Å². The number of benzene rings is 2. The monoisotopic (exact) mass is 416 g/mol. The van der Waals surface area contributed by atoms with Gasteiger partial charge in [-0.25, -0.2) is 0 Å². The maximum atomic E-state index is 12.7. The second kappa shape index (κ2) is 10.7. The minimum Gasteiger partial charge on any atom is -0.316 e. The molecule has 31 heavy (non-hydrogen) atoms. The summed E-state index contributed by atoms with van der Waals surface area (Å²) >= 11 is 0. The van der Waals surface area contributed by atoms with Gasteiger partial charge in [-0.2, -0.15) is 5.26 Å². The van der Waals surface area contributed by atoms with E-state index in [0.29, 0.717) is 12.0 Å². The number of carbonyl (C=O) groups is 1. The molecule has 0 saturated carbocycles. The summed E-state index contributed by atoms with van der Waals surface area (Å²) in [5.41, 5.74) is 5.59. The van der Waals surface area contributed by atoms with Crippen LogP contribution in [0.5, 0.6) is 0 Å². The molecule has 162 valence electrons. The van der Waals surface area contributed by atoms with Crippen molar-refractivity contribution >= 4 is 5.78 Å². The van der Waals surface area contributed by atoms with Crippen LogP contribution in [-0.4, -0.2) is 61.4 Å². The van der Waals surface area contributed by atoms with Crippen molar-refractivity contribution in [1.82, 2.24) is 15.1 Å². The summed E-state index contributed by atoms with van der Waals surface area (Å²) in [5.74, 6) is 0.277. The number of nitrogens with one attached hydrogen (secondary N) is 1. The zero-order chi connectivity index (χ0) is 21.5. The van der Waals surface area contributed by atoms with Gasteiger partial charge in [0.2, 0.25) is 0 Å². The van der Waals surface area contributed by atoms with E-state index in [1.807, 2.05) is 18.2 Å². The molecule has 2 aliphatic rings. The molecule has 0 atom stereocenters. The van der Waals surface area contributed by atoms with Crippen molar-refractivity contribution in [2.24, 2.45) is 0 Å². The number of carbonyl (C=O) groups excluding carboxylic acids is 1. The number of hydrogen-bond donors (Lipinski definition) is 1. The van der Waals surface area contributed by atoms with Gasteiger partial charge in [0.05, 0.1) is 11.6 Å². The number of ketones is 1. The summed E-state index contributed by atoms with van der Waals surface area (Å²) in [6, 6.07) is 16.4. The first-order chi connectivity index (χ1) is 15.2. The van der Waals surface area contributed by atoms with Crippen LogP contribution >= 0.6 is 0 Å². The molecular formula is C26H32N4O. The molecule has 5 nitrogen and oxygen atoms in total. The van der Waals surface area contributed by atoms with Crippen molar-refractivity contribution in [3.63, 3.8) is 0 Å². The van der Waals surface area contributed by atoms with Crippen LogP contribution in [0.3, 0.4) is 0 Å². The summed E-state index contributed by atoms with van der Waals surface area (Å²) in [6.07, 6.45) is 3.62. The molecule has 1 N–H and O–H groups in total. The summed E-state index contributed by atoms with van der Waals surface area (Å²) < 4.78 is 0. The molecule has 0 bridgehead atoms. The molecule has 1 saturated heterocycles. The number of Topliss-reactive ketones (excluding diaryl/α,β-unsaturated/α-hetero) is 1. The Morgan fingerprint density at radius 3 is 2.39 bits per heavy atom. The van der Waals surface area contributed by atoms with Gasteiger partial charge in [0.1, 0.15) is 0 Å². The molecule has 0 radical (unpaired) electrons. The highest BCUT2D eigenvalue weighted by molar-refractivity contribution is 5.96. The number of fused-ring (bicyclic) bond motifs is 1. The van der Waals surface area contributed by atoms with E-state index in [1.165, 1.54) is 16.7 Å². The van der Waals surface area contributed by atoms with E-state index in [2.05, 4.69) is 45.5 Å². The minimum absolute atomic E-state index is 0.277. The van der Waals surface area contributed by atoms with Crippen LogP contribution in [-0.2, 0) is 19.4 Å². The van der Waals surface area contributed by atoms with Gasteiger partial charge in [0.25, 0.3) is 0 Å². The van der Waals surface area contributed by atoms with Crippen molar-refractivity contribution in [2.75, 3.05) is 45.8 Å². The topological polar surface area (TPSA) is 59.4 Å². The molecule has 0 aromatic heterocycles. The van der Waals surface area contributed by atoms with Gasteiger partial charge < -0.3 is 10.2 Å². The highest BCUT2D eigenvalue weighted by Crippen LogP contribution is 2.17. The smallest absolute Gasteiger partial charge is 0.162 e. The Morgan fingerprint density at radius 2 is 1.65 bits per heavy atom. The Hall–Kier alpha value is -2.52. The predicted octanol–water partition coefficient (Wildman–Crippen LogP) is 3.03. The third-order valence-corrected chi connectivity index (χ3v) is 6.50. The quantitative estimate of drug-likeness (QED) is 0.703. The molecule has 0 aliphatic carbocycles. The number of nitriles is 1. The van der Waals surface area contributed by atoms with Crippen LogP contribution in [0.4, 0.5) is 0 Å². The summed E-state index contributed by atoms with van der Waals surface area (Å²) in [4.78, 5) is 17.6. The average Bonchev–Trinajstić information content (AvgIpc) is 3.05. The normalized spacial score (nSPS) is 17.5. The molecule has 0 amide bonds. The molecule has 1 fully saturated rings. The second-order valence-corrected chi connectivity index (χ2v) is 8.69. The SMILES string of the molecule is N#Cc1ccc(CN2CCN(CCCC(=O)c3ccc4c(c3)CCNCC4)CC2)cc1. The average molecular weight is 417 g/mol. The molecule has 5 heteroatoms. The molecular weight excluding hydrogens is 384 g/mol. The minimum atomic E-state index is 0.277. The number of piperazine rings is 1. The van der Waals surface area contributed by atoms with Gasteiger partial charge in [-0.15, -0.1) is 0 Å². The highest BCUT2D eigenvalue weighted by Gasteiger charge is 2.17. The van der Waals surface area contributed by atoms with Crippen LogP contribution in [0.1, 0.15) is 45.5 Å². The molecule has 2 aromatic rings. The fourth-order valence-corrected chi connectivity index (χ4v) is 4.57. The molecule has 2 aliphatic heterocycles. The first kappa shape index (κ1) is 21.7. The largest absolute Gasteiger partial charge is 0.316 e. The summed E-state index contributed by atoms with van der Waals surface area (Å²) in [5, 5.41) is 12.3. The number of hydrogen-bond acceptors (Lipinski definition) is 5. The van der Waals surface area contributed by atoms with E-state index < -0.39 is 0 Å². The maximum absolute atomic E-state index is 12.7. The van der Waals surface area contributed by atoms with Crippen molar-refractivity contribution in [1.29, 1.82) is 5.26 Å². The third-order valence-electron chi connectivity index (χ3n) is 6.50. The Balaban J connectivity index is 1.18. The van der Waals surface area contributed by atoms with Crippen LogP contribution in [0.15, 0.2) is 42.5 Å². The number of rotatable bonds is 7. The zero-order valence-electron chi connectivity index (χ0n) is 18.3. The molecule has 2 heterocycles. The fourth-order valence-electron chi connectivity index (χ4n) is 4.57. The van der Waals surface area contributed by atoms with E-state index in [1.54, 1.807) is 0 Å². The lowest BCUT2D eigenvalue weighted by molar-refractivity contribution is 0.0959. The highest BCUT2D eigenvalue weighted by atomic mass is 16.1. The first-order valence-electron chi connectivity index (χ1n) is 11.5. The van der Waals surface area contributed by atoms with Crippen molar-refractivity contribution in [3.05, 3.63) is 70.3 Å². The third kappa shape index (κ3) is 6.01.